The summed E-state index contributed by atoms with van der Waals surface area (Å²) in [6.45, 7) is 4.69. The van der Waals surface area contributed by atoms with Crippen LogP contribution in [0.1, 0.15) is 56.1 Å². The Labute approximate surface area is 140 Å². The Morgan fingerprint density at radius 2 is 1.26 bits per heavy atom. The highest BCUT2D eigenvalue weighted by Gasteiger charge is 2.16. The largest absolute Gasteiger partial charge is 0.0802 e. The lowest BCUT2D eigenvalue weighted by Crippen LogP contribution is -1.99. The van der Waals surface area contributed by atoms with Crippen molar-refractivity contribution in [2.75, 3.05) is 0 Å². The quantitative estimate of drug-likeness (QED) is 0.561. The van der Waals surface area contributed by atoms with Gasteiger partial charge in [-0.15, -0.1) is 0 Å². The zero-order valence-corrected chi connectivity index (χ0v) is 14.2. The van der Waals surface area contributed by atoms with Crippen LogP contribution < -0.4 is 0 Å². The Kier molecular flexibility index (Phi) is 5.12. The van der Waals surface area contributed by atoms with Gasteiger partial charge < -0.3 is 0 Å². The molecule has 2 aromatic rings. The van der Waals surface area contributed by atoms with Gasteiger partial charge in [0, 0.05) is 0 Å². The lowest BCUT2D eigenvalue weighted by molar-refractivity contribution is 0.714. The van der Waals surface area contributed by atoms with E-state index >= 15 is 0 Å². The Morgan fingerprint density at radius 1 is 0.739 bits per heavy atom. The number of hydrogen-bond acceptors (Lipinski definition) is 0. The van der Waals surface area contributed by atoms with E-state index in [1.807, 2.05) is 0 Å². The van der Waals surface area contributed by atoms with E-state index in [9.17, 15) is 0 Å². The number of hydrogen-bond donors (Lipinski definition) is 0. The molecule has 0 amide bonds. The fourth-order valence-corrected chi connectivity index (χ4v) is 3.52. The molecule has 0 N–H and O–H groups in total. The van der Waals surface area contributed by atoms with Crippen molar-refractivity contribution < 1.29 is 0 Å². The highest BCUT2D eigenvalue weighted by Crippen LogP contribution is 2.34. The van der Waals surface area contributed by atoms with Gasteiger partial charge in [-0.05, 0) is 47.8 Å². The van der Waals surface area contributed by atoms with Crippen molar-refractivity contribution in [1.82, 2.24) is 0 Å². The maximum atomic E-state index is 2.35. The van der Waals surface area contributed by atoms with E-state index in [2.05, 4.69) is 86.7 Å². The third-order valence-electron chi connectivity index (χ3n) is 4.95. The summed E-state index contributed by atoms with van der Waals surface area (Å²) in [4.78, 5) is 0. The Bertz CT molecular complexity index is 676. The van der Waals surface area contributed by atoms with E-state index in [0.717, 1.165) is 12.8 Å². The van der Waals surface area contributed by atoms with Gasteiger partial charge in [0.2, 0.25) is 0 Å². The zero-order chi connectivity index (χ0) is 16.1. The second-order valence-corrected chi connectivity index (χ2v) is 6.77. The Morgan fingerprint density at radius 3 is 1.83 bits per heavy atom. The van der Waals surface area contributed by atoms with Crippen LogP contribution in [0.3, 0.4) is 0 Å². The average Bonchev–Trinajstić information content (AvgIpc) is 3.03. The molecule has 0 spiro atoms. The monoisotopic (exact) mass is 302 g/mol. The normalized spacial score (nSPS) is 16.6. The van der Waals surface area contributed by atoms with Gasteiger partial charge in [-0.25, -0.2) is 0 Å². The third-order valence-corrected chi connectivity index (χ3v) is 4.95. The van der Waals surface area contributed by atoms with Gasteiger partial charge in [0.25, 0.3) is 0 Å². The fraction of sp³-hybridized carbons (Fsp3) is 0.304. The van der Waals surface area contributed by atoms with Crippen molar-refractivity contribution in [3.8, 4) is 0 Å². The fourth-order valence-electron chi connectivity index (χ4n) is 3.52. The van der Waals surface area contributed by atoms with Crippen LogP contribution in [-0.4, -0.2) is 0 Å². The molecular formula is C23H26. The van der Waals surface area contributed by atoms with Crippen LogP contribution in [-0.2, 0) is 0 Å². The third kappa shape index (κ3) is 4.01. The van der Waals surface area contributed by atoms with E-state index in [0.29, 0.717) is 11.8 Å². The van der Waals surface area contributed by atoms with Crippen molar-refractivity contribution in [3.63, 3.8) is 0 Å². The van der Waals surface area contributed by atoms with Crippen LogP contribution in [0.15, 0.2) is 84.0 Å². The molecule has 2 aromatic carbocycles. The molecule has 3 rings (SSSR count). The zero-order valence-electron chi connectivity index (χ0n) is 14.2. The summed E-state index contributed by atoms with van der Waals surface area (Å²) in [5.41, 5.74) is 6.08. The van der Waals surface area contributed by atoms with Gasteiger partial charge >= 0.3 is 0 Å². The van der Waals surface area contributed by atoms with Crippen molar-refractivity contribution in [2.45, 2.75) is 44.9 Å². The summed E-state index contributed by atoms with van der Waals surface area (Å²) in [5.74, 6) is 1.17. The molecule has 1 aliphatic carbocycles. The van der Waals surface area contributed by atoms with E-state index in [1.54, 1.807) is 11.1 Å². The summed E-state index contributed by atoms with van der Waals surface area (Å²) < 4.78 is 0. The first-order chi connectivity index (χ1) is 11.2. The van der Waals surface area contributed by atoms with E-state index in [-0.39, 0.29) is 0 Å². The SMILES string of the molecule is CC(CC1=C(CC(C)c2ccccc2)CC=C1)c1ccccc1. The molecule has 23 heavy (non-hydrogen) atoms. The van der Waals surface area contributed by atoms with Gasteiger partial charge in [-0.3, -0.25) is 0 Å². The summed E-state index contributed by atoms with van der Waals surface area (Å²) in [5, 5.41) is 0. The minimum absolute atomic E-state index is 0.580. The predicted molar refractivity (Wildman–Crippen MR) is 99.7 cm³/mol. The van der Waals surface area contributed by atoms with Crippen LogP contribution in [0.5, 0.6) is 0 Å². The molecule has 0 saturated carbocycles. The van der Waals surface area contributed by atoms with E-state index in [1.165, 1.54) is 17.5 Å². The van der Waals surface area contributed by atoms with E-state index < -0.39 is 0 Å². The molecule has 0 fully saturated rings. The molecule has 0 nitrogen and oxygen atoms in total. The molecule has 0 radical (unpaired) electrons. The number of allylic oxidation sites excluding steroid dienone is 4. The molecule has 1 aliphatic rings. The minimum Gasteiger partial charge on any atom is -0.0802 e. The first kappa shape index (κ1) is 15.8. The summed E-state index contributed by atoms with van der Waals surface area (Å²) >= 11 is 0. The Balaban J connectivity index is 1.70. The summed E-state index contributed by atoms with van der Waals surface area (Å²) in [6.07, 6.45) is 8.14. The molecular weight excluding hydrogens is 276 g/mol. The van der Waals surface area contributed by atoms with E-state index in [4.69, 9.17) is 0 Å². The van der Waals surface area contributed by atoms with Gasteiger partial charge in [0.05, 0.1) is 0 Å². The molecule has 0 heterocycles. The van der Waals surface area contributed by atoms with Crippen molar-refractivity contribution in [1.29, 1.82) is 0 Å². The highest BCUT2D eigenvalue weighted by molar-refractivity contribution is 5.37. The number of rotatable bonds is 6. The van der Waals surface area contributed by atoms with Gasteiger partial charge in [0.1, 0.15) is 0 Å². The lowest BCUT2D eigenvalue weighted by Gasteiger charge is -2.17. The smallest absolute Gasteiger partial charge is 0.0130 e. The second-order valence-electron chi connectivity index (χ2n) is 6.77. The second kappa shape index (κ2) is 7.46. The molecule has 2 atom stereocenters. The topological polar surface area (TPSA) is 0 Å². The van der Waals surface area contributed by atoms with Gasteiger partial charge in [-0.2, -0.15) is 0 Å². The molecule has 2 unspecified atom stereocenters. The highest BCUT2D eigenvalue weighted by atomic mass is 14.2. The molecule has 0 saturated heterocycles. The molecule has 0 bridgehead atoms. The van der Waals surface area contributed by atoms with Crippen LogP contribution in [0, 0.1) is 0 Å². The van der Waals surface area contributed by atoms with Crippen molar-refractivity contribution >= 4 is 0 Å². The molecule has 0 aromatic heterocycles. The predicted octanol–water partition coefficient (Wildman–Crippen LogP) is 6.63. The lowest BCUT2D eigenvalue weighted by atomic mass is 9.88. The van der Waals surface area contributed by atoms with Crippen LogP contribution in [0.4, 0.5) is 0 Å². The maximum absolute atomic E-state index is 2.35. The molecule has 0 aliphatic heterocycles. The number of benzene rings is 2. The maximum Gasteiger partial charge on any atom is -0.0130 e. The molecule has 118 valence electrons. The van der Waals surface area contributed by atoms with Crippen molar-refractivity contribution in [2.24, 2.45) is 0 Å². The molecule has 0 heteroatoms. The van der Waals surface area contributed by atoms with Gasteiger partial charge in [0.15, 0.2) is 0 Å². The van der Waals surface area contributed by atoms with Crippen LogP contribution in [0.25, 0.3) is 0 Å². The summed E-state index contributed by atoms with van der Waals surface area (Å²) in [7, 11) is 0. The average molecular weight is 302 g/mol. The Hall–Kier alpha value is -2.08. The first-order valence-corrected chi connectivity index (χ1v) is 8.71. The minimum atomic E-state index is 0.580. The van der Waals surface area contributed by atoms with Gasteiger partial charge in [-0.1, -0.05) is 92.2 Å². The summed E-state index contributed by atoms with van der Waals surface area (Å²) in [6, 6.07) is 21.8. The van der Waals surface area contributed by atoms with Crippen LogP contribution in [0.2, 0.25) is 0 Å². The first-order valence-electron chi connectivity index (χ1n) is 8.71. The van der Waals surface area contributed by atoms with Crippen molar-refractivity contribution in [3.05, 3.63) is 95.1 Å². The standard InChI is InChI=1S/C23H26/c1-18(20-10-5-3-6-11-20)16-22-14-9-15-23(22)17-19(2)21-12-7-4-8-13-21/h3-14,18-19H,15-17H2,1-2H3. The van der Waals surface area contributed by atoms with Crippen LogP contribution >= 0.6 is 0 Å².